The maximum Gasteiger partial charge on any atom is 0.340 e. The molecule has 2 aromatic carbocycles. The summed E-state index contributed by atoms with van der Waals surface area (Å²) in [6, 6.07) is 18.5. The maximum atomic E-state index is 12.6. The first-order valence-electron chi connectivity index (χ1n) is 9.11. The van der Waals surface area contributed by atoms with Crippen LogP contribution in [-0.4, -0.2) is 16.1 Å². The van der Waals surface area contributed by atoms with Crippen LogP contribution in [0.15, 0.2) is 75.9 Å². The molecule has 0 saturated heterocycles. The third-order valence-corrected chi connectivity index (χ3v) is 4.36. The number of hydrogen-bond acceptors (Lipinski definition) is 7. The second-order valence-corrected chi connectivity index (χ2v) is 6.38. The summed E-state index contributed by atoms with van der Waals surface area (Å²) in [7, 11) is 0. The van der Waals surface area contributed by atoms with Crippen LogP contribution in [0.4, 0.5) is 5.69 Å². The van der Waals surface area contributed by atoms with E-state index in [0.29, 0.717) is 23.6 Å². The van der Waals surface area contributed by atoms with E-state index >= 15 is 0 Å². The number of carbonyl (C=O) groups is 1. The van der Waals surface area contributed by atoms with Crippen LogP contribution < -0.4 is 5.32 Å². The van der Waals surface area contributed by atoms with Gasteiger partial charge in [0.2, 0.25) is 5.82 Å². The van der Waals surface area contributed by atoms with Crippen LogP contribution in [0, 0.1) is 6.92 Å². The minimum absolute atomic E-state index is 0.107. The molecule has 0 amide bonds. The number of aryl methyl sites for hydroxylation is 1. The predicted molar refractivity (Wildman–Crippen MR) is 106 cm³/mol. The fourth-order valence-corrected chi connectivity index (χ4v) is 2.86. The lowest BCUT2D eigenvalue weighted by Crippen LogP contribution is -2.10. The molecule has 2 heterocycles. The van der Waals surface area contributed by atoms with Crippen molar-refractivity contribution in [2.75, 3.05) is 5.32 Å². The van der Waals surface area contributed by atoms with E-state index in [2.05, 4.69) is 15.5 Å². The van der Waals surface area contributed by atoms with Crippen molar-refractivity contribution in [2.45, 2.75) is 20.1 Å². The lowest BCUT2D eigenvalue weighted by Gasteiger charge is -2.10. The van der Waals surface area contributed by atoms with Gasteiger partial charge in [0.05, 0.1) is 18.4 Å². The number of hydrogen-bond donors (Lipinski definition) is 1. The molecule has 0 aliphatic carbocycles. The van der Waals surface area contributed by atoms with Gasteiger partial charge < -0.3 is 19.0 Å². The molecule has 0 fully saturated rings. The van der Waals surface area contributed by atoms with Gasteiger partial charge in [0.1, 0.15) is 5.76 Å². The Morgan fingerprint density at radius 3 is 2.72 bits per heavy atom. The van der Waals surface area contributed by atoms with Crippen molar-refractivity contribution >= 4 is 11.7 Å². The normalized spacial score (nSPS) is 10.7. The Kier molecular flexibility index (Phi) is 5.38. The molecule has 0 unspecified atom stereocenters. The van der Waals surface area contributed by atoms with E-state index in [1.54, 1.807) is 18.4 Å². The SMILES string of the molecule is Cc1ccccc1-c1noc(COC(=O)c2ccccc2NCc2ccco2)n1. The van der Waals surface area contributed by atoms with Gasteiger partial charge in [-0.3, -0.25) is 0 Å². The van der Waals surface area contributed by atoms with Crippen LogP contribution in [0.3, 0.4) is 0 Å². The molecule has 4 rings (SSSR count). The molecule has 0 spiro atoms. The average molecular weight is 389 g/mol. The molecular formula is C22H19N3O4. The standard InChI is InChI=1S/C22H19N3O4/c1-15-7-2-3-9-17(15)21-24-20(29-25-21)14-28-22(26)18-10-4-5-11-19(18)23-13-16-8-6-12-27-16/h2-12,23H,13-14H2,1H3. The fraction of sp³-hybridized carbons (Fsp3) is 0.136. The number of nitrogens with zero attached hydrogens (tertiary/aromatic N) is 2. The Morgan fingerprint density at radius 2 is 1.90 bits per heavy atom. The van der Waals surface area contributed by atoms with E-state index in [1.807, 2.05) is 55.5 Å². The minimum Gasteiger partial charge on any atom is -0.467 e. The number of nitrogens with one attached hydrogen (secondary N) is 1. The predicted octanol–water partition coefficient (Wildman–Crippen LogP) is 4.61. The highest BCUT2D eigenvalue weighted by Gasteiger charge is 2.16. The molecule has 2 aromatic heterocycles. The first kappa shape index (κ1) is 18.5. The summed E-state index contributed by atoms with van der Waals surface area (Å²) in [5.74, 6) is 0.984. The third-order valence-electron chi connectivity index (χ3n) is 4.36. The Labute approximate surface area is 167 Å². The van der Waals surface area contributed by atoms with Crippen molar-refractivity contribution in [1.82, 2.24) is 10.1 Å². The molecule has 7 nitrogen and oxygen atoms in total. The summed E-state index contributed by atoms with van der Waals surface area (Å²) in [4.78, 5) is 16.9. The lowest BCUT2D eigenvalue weighted by atomic mass is 10.1. The zero-order chi connectivity index (χ0) is 20.1. The van der Waals surface area contributed by atoms with Crippen molar-refractivity contribution < 1.29 is 18.5 Å². The van der Waals surface area contributed by atoms with Crippen LogP contribution in [0.25, 0.3) is 11.4 Å². The summed E-state index contributed by atoms with van der Waals surface area (Å²) in [6.07, 6.45) is 1.60. The summed E-state index contributed by atoms with van der Waals surface area (Å²) >= 11 is 0. The Bertz CT molecular complexity index is 1100. The van der Waals surface area contributed by atoms with Gasteiger partial charge in [-0.2, -0.15) is 4.98 Å². The summed E-state index contributed by atoms with van der Waals surface area (Å²) in [6.45, 7) is 2.32. The highest BCUT2D eigenvalue weighted by molar-refractivity contribution is 5.95. The van der Waals surface area contributed by atoms with E-state index in [1.165, 1.54) is 0 Å². The zero-order valence-corrected chi connectivity index (χ0v) is 15.8. The van der Waals surface area contributed by atoms with Gasteiger partial charge in [0, 0.05) is 11.3 Å². The maximum absolute atomic E-state index is 12.6. The molecule has 0 saturated carbocycles. The molecule has 4 aromatic rings. The van der Waals surface area contributed by atoms with Crippen LogP contribution in [-0.2, 0) is 17.9 Å². The Balaban J connectivity index is 1.41. The first-order chi connectivity index (χ1) is 14.2. The Morgan fingerprint density at radius 1 is 1.07 bits per heavy atom. The van der Waals surface area contributed by atoms with E-state index in [9.17, 15) is 4.79 Å². The van der Waals surface area contributed by atoms with Crippen molar-refractivity contribution in [1.29, 1.82) is 0 Å². The summed E-state index contributed by atoms with van der Waals surface area (Å²) < 4.78 is 15.9. The van der Waals surface area contributed by atoms with E-state index in [-0.39, 0.29) is 12.5 Å². The fourth-order valence-electron chi connectivity index (χ4n) is 2.86. The number of aromatic nitrogens is 2. The molecule has 0 atom stereocenters. The van der Waals surface area contributed by atoms with Crippen LogP contribution >= 0.6 is 0 Å². The van der Waals surface area contributed by atoms with E-state index in [4.69, 9.17) is 13.7 Å². The molecule has 1 N–H and O–H groups in total. The molecule has 29 heavy (non-hydrogen) atoms. The zero-order valence-electron chi connectivity index (χ0n) is 15.8. The molecule has 146 valence electrons. The quantitative estimate of drug-likeness (QED) is 0.462. The summed E-state index contributed by atoms with van der Waals surface area (Å²) in [5.41, 5.74) is 2.98. The van der Waals surface area contributed by atoms with Gasteiger partial charge in [-0.05, 0) is 36.8 Å². The average Bonchev–Trinajstić information content (AvgIpc) is 3.43. The highest BCUT2D eigenvalue weighted by atomic mass is 16.6. The number of rotatable bonds is 7. The van der Waals surface area contributed by atoms with Gasteiger partial charge in [-0.15, -0.1) is 0 Å². The molecule has 0 aliphatic rings. The number of esters is 1. The number of anilines is 1. The van der Waals surface area contributed by atoms with Crippen LogP contribution in [0.1, 0.15) is 27.6 Å². The van der Waals surface area contributed by atoms with Crippen molar-refractivity contribution in [3.05, 3.63) is 89.7 Å². The number of carbonyl (C=O) groups excluding carboxylic acids is 1. The van der Waals surface area contributed by atoms with Gasteiger partial charge in [0.25, 0.3) is 5.89 Å². The second kappa shape index (κ2) is 8.43. The Hall–Kier alpha value is -3.87. The highest BCUT2D eigenvalue weighted by Crippen LogP contribution is 2.21. The number of ether oxygens (including phenoxy) is 1. The largest absolute Gasteiger partial charge is 0.467 e. The van der Waals surface area contributed by atoms with E-state index in [0.717, 1.165) is 16.9 Å². The number of para-hydroxylation sites is 1. The summed E-state index contributed by atoms with van der Waals surface area (Å²) in [5, 5.41) is 7.15. The number of furan rings is 1. The number of benzene rings is 2. The third kappa shape index (κ3) is 4.35. The topological polar surface area (TPSA) is 90.4 Å². The minimum atomic E-state index is -0.483. The van der Waals surface area contributed by atoms with Crippen LogP contribution in [0.2, 0.25) is 0 Å². The molecule has 0 aliphatic heterocycles. The lowest BCUT2D eigenvalue weighted by molar-refractivity contribution is 0.0431. The van der Waals surface area contributed by atoms with Gasteiger partial charge in [0.15, 0.2) is 6.61 Å². The van der Waals surface area contributed by atoms with Crippen molar-refractivity contribution in [3.63, 3.8) is 0 Å². The molecule has 0 radical (unpaired) electrons. The monoisotopic (exact) mass is 389 g/mol. The van der Waals surface area contributed by atoms with Gasteiger partial charge in [-0.1, -0.05) is 41.6 Å². The molecular weight excluding hydrogens is 370 g/mol. The van der Waals surface area contributed by atoms with E-state index < -0.39 is 5.97 Å². The van der Waals surface area contributed by atoms with Crippen molar-refractivity contribution in [2.24, 2.45) is 0 Å². The second-order valence-electron chi connectivity index (χ2n) is 6.38. The van der Waals surface area contributed by atoms with Gasteiger partial charge >= 0.3 is 5.97 Å². The first-order valence-corrected chi connectivity index (χ1v) is 9.11. The van der Waals surface area contributed by atoms with Crippen molar-refractivity contribution in [3.8, 4) is 11.4 Å². The van der Waals surface area contributed by atoms with Gasteiger partial charge in [-0.25, -0.2) is 4.79 Å². The molecule has 0 bridgehead atoms. The molecule has 7 heteroatoms. The van der Waals surface area contributed by atoms with Crippen LogP contribution in [0.5, 0.6) is 0 Å². The smallest absolute Gasteiger partial charge is 0.340 e.